The van der Waals surface area contributed by atoms with Gasteiger partial charge in [-0.15, -0.1) is 0 Å². The SMILES string of the molecule is CCC1CCC(c2ccc(OC(F)(F)c3ccc(F)c(F)c3)cc2)CC1. The Morgan fingerprint density at radius 2 is 1.58 bits per heavy atom. The molecule has 0 spiro atoms. The van der Waals surface area contributed by atoms with Gasteiger partial charge < -0.3 is 4.74 Å². The number of halogens is 4. The quantitative estimate of drug-likeness (QED) is 0.530. The van der Waals surface area contributed by atoms with Crippen LogP contribution in [0.4, 0.5) is 17.6 Å². The topological polar surface area (TPSA) is 9.23 Å². The molecule has 0 aliphatic heterocycles. The van der Waals surface area contributed by atoms with Crippen molar-refractivity contribution in [3.8, 4) is 5.75 Å². The molecule has 1 nitrogen and oxygen atoms in total. The third kappa shape index (κ3) is 4.19. The highest BCUT2D eigenvalue weighted by molar-refractivity contribution is 5.31. The average Bonchev–Trinajstić information content (AvgIpc) is 2.64. The largest absolute Gasteiger partial charge is 0.429 e. The Kier molecular flexibility index (Phi) is 5.54. The molecule has 0 amide bonds. The van der Waals surface area contributed by atoms with Crippen molar-refractivity contribution in [2.45, 2.75) is 51.1 Å². The fraction of sp³-hybridized carbons (Fsp3) is 0.429. The van der Waals surface area contributed by atoms with Crippen molar-refractivity contribution < 1.29 is 22.3 Å². The highest BCUT2D eigenvalue weighted by atomic mass is 19.3. The summed E-state index contributed by atoms with van der Waals surface area (Å²) in [7, 11) is 0. The van der Waals surface area contributed by atoms with Gasteiger partial charge in [-0.05, 0) is 73.4 Å². The van der Waals surface area contributed by atoms with Gasteiger partial charge >= 0.3 is 6.11 Å². The molecule has 0 unspecified atom stereocenters. The number of alkyl halides is 2. The predicted octanol–water partition coefficient (Wildman–Crippen LogP) is 6.78. The molecule has 0 N–H and O–H groups in total. The molecule has 26 heavy (non-hydrogen) atoms. The van der Waals surface area contributed by atoms with E-state index in [1.165, 1.54) is 31.4 Å². The monoisotopic (exact) mass is 366 g/mol. The van der Waals surface area contributed by atoms with E-state index in [9.17, 15) is 17.6 Å². The molecular formula is C21H22F4O. The third-order valence-corrected chi connectivity index (χ3v) is 5.28. The minimum Gasteiger partial charge on any atom is -0.429 e. The maximum absolute atomic E-state index is 14.2. The van der Waals surface area contributed by atoms with Crippen LogP contribution in [-0.2, 0) is 6.11 Å². The summed E-state index contributed by atoms with van der Waals surface area (Å²) in [6, 6.07) is 8.58. The Bertz CT molecular complexity index is 734. The summed E-state index contributed by atoms with van der Waals surface area (Å²) < 4.78 is 59.2. The second-order valence-corrected chi connectivity index (χ2v) is 6.94. The molecule has 1 aliphatic carbocycles. The van der Waals surface area contributed by atoms with Gasteiger partial charge in [-0.1, -0.05) is 25.5 Å². The normalized spacial score (nSPS) is 20.8. The van der Waals surface area contributed by atoms with Crippen LogP contribution in [0.2, 0.25) is 0 Å². The van der Waals surface area contributed by atoms with Gasteiger partial charge in [0.25, 0.3) is 0 Å². The first-order valence-electron chi connectivity index (χ1n) is 9.01. The summed E-state index contributed by atoms with van der Waals surface area (Å²) in [5.74, 6) is -1.26. The molecule has 2 aromatic carbocycles. The molecule has 0 saturated heterocycles. The molecule has 3 rings (SSSR count). The Morgan fingerprint density at radius 1 is 0.923 bits per heavy atom. The second-order valence-electron chi connectivity index (χ2n) is 6.94. The Morgan fingerprint density at radius 3 is 2.15 bits per heavy atom. The maximum atomic E-state index is 14.2. The zero-order chi connectivity index (χ0) is 18.7. The van der Waals surface area contributed by atoms with Crippen molar-refractivity contribution in [1.82, 2.24) is 0 Å². The summed E-state index contributed by atoms with van der Waals surface area (Å²) in [6.07, 6.45) is 2.10. The van der Waals surface area contributed by atoms with E-state index in [1.807, 2.05) is 12.1 Å². The minimum atomic E-state index is -3.74. The van der Waals surface area contributed by atoms with Crippen molar-refractivity contribution >= 4 is 0 Å². The van der Waals surface area contributed by atoms with E-state index in [-0.39, 0.29) is 5.75 Å². The van der Waals surface area contributed by atoms with E-state index < -0.39 is 23.3 Å². The third-order valence-electron chi connectivity index (χ3n) is 5.28. The Labute approximate surface area is 151 Å². The maximum Gasteiger partial charge on any atom is 0.426 e. The molecule has 0 atom stereocenters. The summed E-state index contributed by atoms with van der Waals surface area (Å²) in [5, 5.41) is 0. The lowest BCUT2D eigenvalue weighted by molar-refractivity contribution is -0.185. The van der Waals surface area contributed by atoms with E-state index in [0.717, 1.165) is 30.4 Å². The van der Waals surface area contributed by atoms with Crippen LogP contribution in [0, 0.1) is 17.6 Å². The van der Waals surface area contributed by atoms with Crippen LogP contribution >= 0.6 is 0 Å². The van der Waals surface area contributed by atoms with E-state index in [4.69, 9.17) is 4.74 Å². The summed E-state index contributed by atoms with van der Waals surface area (Å²) in [6.45, 7) is 2.21. The summed E-state index contributed by atoms with van der Waals surface area (Å²) in [5.41, 5.74) is 0.404. The standard InChI is InChI=1S/C21H22F4O/c1-2-14-3-5-15(6-4-14)16-7-10-18(11-8-16)26-21(24,25)17-9-12-19(22)20(23)13-17/h7-15H,2-6H2,1H3. The fourth-order valence-electron chi connectivity index (χ4n) is 3.60. The molecule has 1 fully saturated rings. The zero-order valence-corrected chi connectivity index (χ0v) is 14.7. The fourth-order valence-corrected chi connectivity index (χ4v) is 3.60. The van der Waals surface area contributed by atoms with Gasteiger partial charge in [0.1, 0.15) is 5.75 Å². The lowest BCUT2D eigenvalue weighted by Gasteiger charge is -2.28. The minimum absolute atomic E-state index is 0.00859. The highest BCUT2D eigenvalue weighted by Crippen LogP contribution is 2.38. The molecule has 5 heteroatoms. The van der Waals surface area contributed by atoms with Crippen LogP contribution in [0.5, 0.6) is 5.75 Å². The number of benzene rings is 2. The molecule has 1 saturated carbocycles. The van der Waals surface area contributed by atoms with Crippen LogP contribution in [0.3, 0.4) is 0 Å². The number of ether oxygens (including phenoxy) is 1. The van der Waals surface area contributed by atoms with Crippen molar-refractivity contribution in [1.29, 1.82) is 0 Å². The van der Waals surface area contributed by atoms with Crippen LogP contribution in [0.15, 0.2) is 42.5 Å². The highest BCUT2D eigenvalue weighted by Gasteiger charge is 2.35. The van der Waals surface area contributed by atoms with Crippen LogP contribution in [-0.4, -0.2) is 0 Å². The summed E-state index contributed by atoms with van der Waals surface area (Å²) in [4.78, 5) is 0. The molecule has 1 aliphatic rings. The Balaban J connectivity index is 1.67. The van der Waals surface area contributed by atoms with E-state index in [0.29, 0.717) is 18.1 Å². The molecule has 2 aromatic rings. The second kappa shape index (κ2) is 7.68. The lowest BCUT2D eigenvalue weighted by atomic mass is 9.78. The first-order chi connectivity index (χ1) is 12.4. The van der Waals surface area contributed by atoms with Gasteiger partial charge in [0, 0.05) is 0 Å². The first-order valence-corrected chi connectivity index (χ1v) is 9.01. The van der Waals surface area contributed by atoms with Gasteiger partial charge in [-0.2, -0.15) is 8.78 Å². The molecule has 140 valence electrons. The van der Waals surface area contributed by atoms with Gasteiger partial charge in [0.05, 0.1) is 5.56 Å². The van der Waals surface area contributed by atoms with Gasteiger partial charge in [0.2, 0.25) is 0 Å². The average molecular weight is 366 g/mol. The molecular weight excluding hydrogens is 344 g/mol. The van der Waals surface area contributed by atoms with E-state index in [2.05, 4.69) is 6.92 Å². The van der Waals surface area contributed by atoms with Crippen molar-refractivity contribution in [2.75, 3.05) is 0 Å². The van der Waals surface area contributed by atoms with Gasteiger partial charge in [-0.25, -0.2) is 8.78 Å². The smallest absolute Gasteiger partial charge is 0.426 e. The van der Waals surface area contributed by atoms with E-state index >= 15 is 0 Å². The van der Waals surface area contributed by atoms with Crippen LogP contribution in [0.25, 0.3) is 0 Å². The van der Waals surface area contributed by atoms with Gasteiger partial charge in [0.15, 0.2) is 11.6 Å². The molecule has 0 aromatic heterocycles. The van der Waals surface area contributed by atoms with Gasteiger partial charge in [-0.3, -0.25) is 0 Å². The molecule has 0 heterocycles. The van der Waals surface area contributed by atoms with E-state index in [1.54, 1.807) is 0 Å². The molecule has 0 radical (unpaired) electrons. The lowest BCUT2D eigenvalue weighted by Crippen LogP contribution is -2.22. The van der Waals surface area contributed by atoms with Crippen molar-refractivity contribution in [3.63, 3.8) is 0 Å². The van der Waals surface area contributed by atoms with Crippen LogP contribution < -0.4 is 4.74 Å². The predicted molar refractivity (Wildman–Crippen MR) is 92.3 cm³/mol. The Hall–Kier alpha value is -2.04. The molecule has 0 bridgehead atoms. The number of hydrogen-bond acceptors (Lipinski definition) is 1. The number of hydrogen-bond donors (Lipinski definition) is 0. The zero-order valence-electron chi connectivity index (χ0n) is 14.7. The first kappa shape index (κ1) is 18.7. The van der Waals surface area contributed by atoms with Crippen LogP contribution in [0.1, 0.15) is 56.1 Å². The number of rotatable bonds is 5. The van der Waals surface area contributed by atoms with Crippen molar-refractivity contribution in [2.24, 2.45) is 5.92 Å². The van der Waals surface area contributed by atoms with Crippen molar-refractivity contribution in [3.05, 3.63) is 65.2 Å². The summed E-state index contributed by atoms with van der Waals surface area (Å²) >= 11 is 0.